The molecule has 0 fully saturated rings. The average Bonchev–Trinajstić information content (AvgIpc) is 2.41. The molecular formula is C15H14BrNO2. The third-order valence-electron chi connectivity index (χ3n) is 2.90. The van der Waals surface area contributed by atoms with Crippen molar-refractivity contribution >= 4 is 21.8 Å². The summed E-state index contributed by atoms with van der Waals surface area (Å²) in [5, 5.41) is 12.0. The second-order valence-electron chi connectivity index (χ2n) is 4.26. The molecule has 19 heavy (non-hydrogen) atoms. The van der Waals surface area contributed by atoms with Gasteiger partial charge in [-0.2, -0.15) is 0 Å². The summed E-state index contributed by atoms with van der Waals surface area (Å²) < 4.78 is 0.921. The summed E-state index contributed by atoms with van der Waals surface area (Å²) in [5.41, 5.74) is 2.53. The molecule has 0 unspecified atom stereocenters. The second-order valence-corrected chi connectivity index (χ2v) is 5.12. The lowest BCUT2D eigenvalue weighted by Crippen LogP contribution is -2.23. The zero-order valence-corrected chi connectivity index (χ0v) is 12.1. The Hall–Kier alpha value is -1.81. The maximum absolute atomic E-state index is 12.1. The summed E-state index contributed by atoms with van der Waals surface area (Å²) in [7, 11) is 0. The largest absolute Gasteiger partial charge is 0.508 e. The van der Waals surface area contributed by atoms with Gasteiger partial charge < -0.3 is 10.4 Å². The van der Waals surface area contributed by atoms with Gasteiger partial charge in [-0.05, 0) is 42.3 Å². The van der Waals surface area contributed by atoms with Crippen LogP contribution in [0.5, 0.6) is 5.75 Å². The van der Waals surface area contributed by atoms with Crippen molar-refractivity contribution in [2.45, 2.75) is 13.5 Å². The van der Waals surface area contributed by atoms with Crippen molar-refractivity contribution in [3.8, 4) is 5.75 Å². The molecule has 98 valence electrons. The van der Waals surface area contributed by atoms with E-state index in [1.807, 2.05) is 19.1 Å². The minimum atomic E-state index is -0.105. The number of nitrogens with one attached hydrogen (secondary N) is 1. The Bertz CT molecular complexity index is 594. The molecule has 0 aliphatic heterocycles. The molecule has 2 aromatic rings. The van der Waals surface area contributed by atoms with E-state index < -0.39 is 0 Å². The predicted octanol–water partition coefficient (Wildman–Crippen LogP) is 3.39. The highest BCUT2D eigenvalue weighted by Gasteiger charge is 2.10. The fourth-order valence-electron chi connectivity index (χ4n) is 1.74. The normalized spacial score (nSPS) is 10.2. The molecule has 0 aliphatic carbocycles. The second kappa shape index (κ2) is 5.89. The average molecular weight is 320 g/mol. The van der Waals surface area contributed by atoms with E-state index in [0.29, 0.717) is 12.1 Å². The molecule has 0 heterocycles. The number of phenolic OH excluding ortho intramolecular Hbond substituents is 1. The van der Waals surface area contributed by atoms with E-state index in [9.17, 15) is 9.90 Å². The lowest BCUT2D eigenvalue weighted by atomic mass is 10.1. The van der Waals surface area contributed by atoms with Gasteiger partial charge in [0.25, 0.3) is 5.91 Å². The summed E-state index contributed by atoms with van der Waals surface area (Å²) >= 11 is 3.41. The first-order valence-corrected chi connectivity index (χ1v) is 6.68. The van der Waals surface area contributed by atoms with E-state index in [1.165, 1.54) is 0 Å². The Balaban J connectivity index is 2.05. The Morgan fingerprint density at radius 1 is 1.21 bits per heavy atom. The number of hydrogen-bond donors (Lipinski definition) is 2. The van der Waals surface area contributed by atoms with Crippen LogP contribution in [-0.4, -0.2) is 11.0 Å². The summed E-state index contributed by atoms with van der Waals surface area (Å²) in [5.74, 6) is 0.116. The van der Waals surface area contributed by atoms with Crippen molar-refractivity contribution in [2.75, 3.05) is 0 Å². The summed E-state index contributed by atoms with van der Waals surface area (Å²) in [6, 6.07) is 12.3. The number of aromatic hydroxyl groups is 1. The topological polar surface area (TPSA) is 49.3 Å². The van der Waals surface area contributed by atoms with Crippen LogP contribution in [0, 0.1) is 6.92 Å². The van der Waals surface area contributed by atoms with Crippen LogP contribution in [0.1, 0.15) is 21.5 Å². The summed E-state index contributed by atoms with van der Waals surface area (Å²) in [4.78, 5) is 12.1. The fraction of sp³-hybridized carbons (Fsp3) is 0.133. The molecule has 0 atom stereocenters. The third-order valence-corrected chi connectivity index (χ3v) is 3.76. The van der Waals surface area contributed by atoms with Crippen LogP contribution in [0.2, 0.25) is 0 Å². The molecule has 3 nitrogen and oxygen atoms in total. The number of amides is 1. The quantitative estimate of drug-likeness (QED) is 0.911. The molecule has 0 saturated heterocycles. The van der Waals surface area contributed by atoms with E-state index >= 15 is 0 Å². The predicted molar refractivity (Wildman–Crippen MR) is 78.2 cm³/mol. The van der Waals surface area contributed by atoms with Crippen LogP contribution >= 0.6 is 15.9 Å². The lowest BCUT2D eigenvalue weighted by Gasteiger charge is -2.09. The molecule has 1 amide bonds. The van der Waals surface area contributed by atoms with Gasteiger partial charge in [-0.1, -0.05) is 34.1 Å². The molecule has 4 heteroatoms. The third kappa shape index (κ3) is 3.35. The monoisotopic (exact) mass is 319 g/mol. The first-order valence-electron chi connectivity index (χ1n) is 5.89. The summed E-state index contributed by atoms with van der Waals surface area (Å²) in [6.07, 6.45) is 0. The van der Waals surface area contributed by atoms with Crippen LogP contribution in [0.4, 0.5) is 0 Å². The van der Waals surface area contributed by atoms with Crippen molar-refractivity contribution in [3.05, 3.63) is 63.6 Å². The number of carbonyl (C=O) groups excluding carboxylic acids is 1. The number of carbonyl (C=O) groups is 1. The van der Waals surface area contributed by atoms with E-state index in [0.717, 1.165) is 15.6 Å². The smallest absolute Gasteiger partial charge is 0.251 e. The van der Waals surface area contributed by atoms with Crippen LogP contribution in [0.3, 0.4) is 0 Å². The van der Waals surface area contributed by atoms with E-state index in [2.05, 4.69) is 21.2 Å². The van der Waals surface area contributed by atoms with Crippen molar-refractivity contribution in [3.63, 3.8) is 0 Å². The zero-order valence-electron chi connectivity index (χ0n) is 10.5. The Kier molecular flexibility index (Phi) is 4.22. The van der Waals surface area contributed by atoms with Crippen LogP contribution in [0.25, 0.3) is 0 Å². The Morgan fingerprint density at radius 3 is 2.58 bits per heavy atom. The highest BCUT2D eigenvalue weighted by molar-refractivity contribution is 9.10. The number of hydrogen-bond acceptors (Lipinski definition) is 2. The van der Waals surface area contributed by atoms with Gasteiger partial charge in [0.05, 0.1) is 0 Å². The number of phenols is 1. The zero-order chi connectivity index (χ0) is 13.8. The standard InChI is InChI=1S/C15H14BrNO2/c1-10-13(3-2-4-14(10)16)15(19)17-9-11-5-7-12(18)8-6-11/h2-8,18H,9H2,1H3,(H,17,19). The molecule has 2 N–H and O–H groups in total. The summed E-state index contributed by atoms with van der Waals surface area (Å²) in [6.45, 7) is 2.34. The molecule has 0 spiro atoms. The number of rotatable bonds is 3. The van der Waals surface area contributed by atoms with Gasteiger partial charge in [0.15, 0.2) is 0 Å². The molecular weight excluding hydrogens is 306 g/mol. The van der Waals surface area contributed by atoms with Gasteiger partial charge in [0.2, 0.25) is 0 Å². The van der Waals surface area contributed by atoms with Gasteiger partial charge in [0, 0.05) is 16.6 Å². The first kappa shape index (κ1) is 13.6. The van der Waals surface area contributed by atoms with Crippen molar-refractivity contribution in [2.24, 2.45) is 0 Å². The van der Waals surface area contributed by atoms with Crippen LogP contribution in [-0.2, 0) is 6.54 Å². The van der Waals surface area contributed by atoms with Crippen molar-refractivity contribution < 1.29 is 9.90 Å². The highest BCUT2D eigenvalue weighted by atomic mass is 79.9. The Labute approximate surface area is 120 Å². The van der Waals surface area contributed by atoms with Crippen molar-refractivity contribution in [1.29, 1.82) is 0 Å². The first-order chi connectivity index (χ1) is 9.08. The SMILES string of the molecule is Cc1c(Br)cccc1C(=O)NCc1ccc(O)cc1. The number of halogens is 1. The minimum absolute atomic E-state index is 0.105. The molecule has 2 rings (SSSR count). The van der Waals surface area contributed by atoms with E-state index in [4.69, 9.17) is 0 Å². The van der Waals surface area contributed by atoms with Crippen LogP contribution < -0.4 is 5.32 Å². The maximum atomic E-state index is 12.1. The molecule has 0 bridgehead atoms. The highest BCUT2D eigenvalue weighted by Crippen LogP contribution is 2.19. The lowest BCUT2D eigenvalue weighted by molar-refractivity contribution is 0.0950. The molecule has 0 radical (unpaired) electrons. The molecule has 0 aliphatic rings. The maximum Gasteiger partial charge on any atom is 0.251 e. The van der Waals surface area contributed by atoms with Gasteiger partial charge in [0.1, 0.15) is 5.75 Å². The Morgan fingerprint density at radius 2 is 1.89 bits per heavy atom. The fourth-order valence-corrected chi connectivity index (χ4v) is 2.11. The molecule has 0 aromatic heterocycles. The van der Waals surface area contributed by atoms with Crippen molar-refractivity contribution in [1.82, 2.24) is 5.32 Å². The molecule has 0 saturated carbocycles. The van der Waals surface area contributed by atoms with Gasteiger partial charge in [-0.3, -0.25) is 4.79 Å². The van der Waals surface area contributed by atoms with Gasteiger partial charge >= 0.3 is 0 Å². The van der Waals surface area contributed by atoms with Crippen LogP contribution in [0.15, 0.2) is 46.9 Å². The minimum Gasteiger partial charge on any atom is -0.508 e. The number of benzene rings is 2. The van der Waals surface area contributed by atoms with E-state index in [1.54, 1.807) is 30.3 Å². The van der Waals surface area contributed by atoms with Gasteiger partial charge in [-0.15, -0.1) is 0 Å². The van der Waals surface area contributed by atoms with Gasteiger partial charge in [-0.25, -0.2) is 0 Å². The van der Waals surface area contributed by atoms with E-state index in [-0.39, 0.29) is 11.7 Å². The molecule has 2 aromatic carbocycles.